The number of rotatable bonds is 4. The third kappa shape index (κ3) is 3.50. The fourth-order valence-corrected chi connectivity index (χ4v) is 1.14. The summed E-state index contributed by atoms with van der Waals surface area (Å²) in [7, 11) is 0. The minimum absolute atomic E-state index is 0.0272. The fourth-order valence-electron chi connectivity index (χ4n) is 0.663. The number of hydrogen-bond acceptors (Lipinski definition) is 3. The first-order chi connectivity index (χ1) is 5.00. The molecule has 0 radical (unpaired) electrons. The lowest BCUT2D eigenvalue weighted by Crippen LogP contribution is -2.45. The number of halogens is 1. The maximum Gasteiger partial charge on any atom is 0.0858 e. The van der Waals surface area contributed by atoms with Gasteiger partial charge in [-0.25, -0.2) is 0 Å². The second kappa shape index (κ2) is 5.08. The van der Waals surface area contributed by atoms with Crippen molar-refractivity contribution in [3.8, 4) is 0 Å². The third-order valence-electron chi connectivity index (χ3n) is 1.50. The zero-order valence-corrected chi connectivity index (χ0v) is 8.73. The van der Waals surface area contributed by atoms with Crippen molar-refractivity contribution in [2.24, 2.45) is 11.5 Å². The Morgan fingerprint density at radius 3 is 2.27 bits per heavy atom. The fraction of sp³-hybridized carbons (Fsp3) is 0.714. The van der Waals surface area contributed by atoms with Crippen molar-refractivity contribution >= 4 is 22.6 Å². The Labute approximate surface area is 81.0 Å². The maximum atomic E-state index is 9.47. The molecule has 0 aromatic rings. The minimum Gasteiger partial charge on any atom is -0.390 e. The lowest BCUT2D eigenvalue weighted by molar-refractivity contribution is 0.155. The number of hydrogen-bond donors (Lipinski definition) is 3. The Kier molecular flexibility index (Phi) is 5.24. The number of nitrogens with two attached hydrogens (primary N) is 2. The van der Waals surface area contributed by atoms with Crippen LogP contribution in [0.15, 0.2) is 12.7 Å². The van der Waals surface area contributed by atoms with E-state index in [9.17, 15) is 5.11 Å². The van der Waals surface area contributed by atoms with Gasteiger partial charge in [0, 0.05) is 12.1 Å². The summed E-state index contributed by atoms with van der Waals surface area (Å²) >= 11 is 2.09. The van der Waals surface area contributed by atoms with Gasteiger partial charge in [-0.05, 0) is 6.92 Å². The average molecular weight is 270 g/mol. The lowest BCUT2D eigenvalue weighted by Gasteiger charge is -2.23. The SMILES string of the molecule is C=CC(N)C(O)C(I)C(C)N. The molecular formula is C7H15IN2O. The van der Waals surface area contributed by atoms with E-state index in [4.69, 9.17) is 11.5 Å². The van der Waals surface area contributed by atoms with E-state index < -0.39 is 6.10 Å². The van der Waals surface area contributed by atoms with Crippen LogP contribution in [0.3, 0.4) is 0 Å². The van der Waals surface area contributed by atoms with Crippen LogP contribution in [0.4, 0.5) is 0 Å². The van der Waals surface area contributed by atoms with E-state index in [0.717, 1.165) is 0 Å². The molecule has 0 aromatic heterocycles. The van der Waals surface area contributed by atoms with E-state index >= 15 is 0 Å². The van der Waals surface area contributed by atoms with E-state index in [2.05, 4.69) is 29.2 Å². The van der Waals surface area contributed by atoms with Gasteiger partial charge in [-0.15, -0.1) is 6.58 Å². The Balaban J connectivity index is 4.00. The summed E-state index contributed by atoms with van der Waals surface area (Å²) in [5.41, 5.74) is 11.1. The standard InChI is InChI=1S/C7H15IN2O/c1-3-5(10)7(11)6(8)4(2)9/h3-7,11H,1,9-10H2,2H3. The Morgan fingerprint density at radius 1 is 1.55 bits per heavy atom. The molecule has 0 heterocycles. The van der Waals surface area contributed by atoms with Crippen LogP contribution in [0, 0.1) is 0 Å². The molecule has 0 saturated carbocycles. The predicted molar refractivity (Wildman–Crippen MR) is 55.6 cm³/mol. The molecule has 0 bridgehead atoms. The van der Waals surface area contributed by atoms with Gasteiger partial charge in [-0.1, -0.05) is 28.7 Å². The maximum absolute atomic E-state index is 9.47. The second-order valence-corrected chi connectivity index (χ2v) is 4.05. The van der Waals surface area contributed by atoms with Crippen molar-refractivity contribution in [3.63, 3.8) is 0 Å². The summed E-state index contributed by atoms with van der Waals surface area (Å²) in [5, 5.41) is 9.47. The van der Waals surface area contributed by atoms with E-state index in [1.165, 1.54) is 6.08 Å². The van der Waals surface area contributed by atoms with E-state index in [-0.39, 0.29) is 16.0 Å². The summed E-state index contributed by atoms with van der Waals surface area (Å²) in [6.45, 7) is 5.34. The van der Waals surface area contributed by atoms with E-state index in [1.54, 1.807) is 0 Å². The molecule has 4 atom stereocenters. The number of aliphatic hydroxyl groups excluding tert-OH is 1. The molecule has 0 aromatic carbocycles. The van der Waals surface area contributed by atoms with Crippen molar-refractivity contribution in [2.45, 2.75) is 29.0 Å². The number of alkyl halides is 1. The Morgan fingerprint density at radius 2 is 2.00 bits per heavy atom. The highest BCUT2D eigenvalue weighted by Crippen LogP contribution is 2.12. The van der Waals surface area contributed by atoms with Crippen LogP contribution in [0.5, 0.6) is 0 Å². The van der Waals surface area contributed by atoms with Crippen LogP contribution in [-0.2, 0) is 0 Å². The lowest BCUT2D eigenvalue weighted by atomic mass is 10.1. The predicted octanol–water partition coefficient (Wildman–Crippen LogP) is 0.0114. The molecule has 11 heavy (non-hydrogen) atoms. The van der Waals surface area contributed by atoms with Crippen molar-refractivity contribution in [2.75, 3.05) is 0 Å². The number of aliphatic hydroxyl groups is 1. The summed E-state index contributed by atoms with van der Waals surface area (Å²) in [6, 6.07) is -0.445. The molecule has 66 valence electrons. The van der Waals surface area contributed by atoms with Gasteiger partial charge in [-0.3, -0.25) is 0 Å². The summed E-state index contributed by atoms with van der Waals surface area (Å²) in [4.78, 5) is 0. The van der Waals surface area contributed by atoms with Crippen molar-refractivity contribution < 1.29 is 5.11 Å². The first kappa shape index (κ1) is 11.4. The molecule has 4 heteroatoms. The van der Waals surface area contributed by atoms with E-state index in [1.807, 2.05) is 6.92 Å². The molecule has 0 aliphatic heterocycles. The summed E-state index contributed by atoms with van der Waals surface area (Å²) < 4.78 is -0.0272. The van der Waals surface area contributed by atoms with Gasteiger partial charge in [0.25, 0.3) is 0 Å². The average Bonchev–Trinajstić information content (AvgIpc) is 2.00. The molecule has 0 aliphatic rings. The van der Waals surface area contributed by atoms with Gasteiger partial charge in [0.15, 0.2) is 0 Å². The van der Waals surface area contributed by atoms with Crippen molar-refractivity contribution in [3.05, 3.63) is 12.7 Å². The summed E-state index contributed by atoms with van der Waals surface area (Å²) in [5.74, 6) is 0. The largest absolute Gasteiger partial charge is 0.390 e. The zero-order chi connectivity index (χ0) is 9.02. The molecule has 0 rings (SSSR count). The topological polar surface area (TPSA) is 72.3 Å². The van der Waals surface area contributed by atoms with Gasteiger partial charge >= 0.3 is 0 Å². The molecular weight excluding hydrogens is 255 g/mol. The van der Waals surface area contributed by atoms with Crippen molar-refractivity contribution in [1.82, 2.24) is 0 Å². The molecule has 0 saturated heterocycles. The quantitative estimate of drug-likeness (QED) is 0.383. The van der Waals surface area contributed by atoms with Crippen molar-refractivity contribution in [1.29, 1.82) is 0 Å². The van der Waals surface area contributed by atoms with Crippen LogP contribution >= 0.6 is 22.6 Å². The third-order valence-corrected chi connectivity index (χ3v) is 3.37. The first-order valence-corrected chi connectivity index (χ1v) is 4.71. The van der Waals surface area contributed by atoms with Gasteiger partial charge in [0.05, 0.1) is 10.0 Å². The minimum atomic E-state index is -0.604. The van der Waals surface area contributed by atoms with Crippen LogP contribution in [-0.4, -0.2) is 27.2 Å². The second-order valence-electron chi connectivity index (χ2n) is 2.61. The highest BCUT2D eigenvalue weighted by Gasteiger charge is 2.23. The van der Waals surface area contributed by atoms with Crippen LogP contribution in [0.2, 0.25) is 0 Å². The molecule has 3 nitrogen and oxygen atoms in total. The first-order valence-electron chi connectivity index (χ1n) is 3.46. The van der Waals surface area contributed by atoms with Crippen LogP contribution < -0.4 is 11.5 Å². The van der Waals surface area contributed by atoms with Crippen LogP contribution in [0.1, 0.15) is 6.92 Å². The normalized spacial score (nSPS) is 21.9. The Hall–Kier alpha value is 0.350. The van der Waals surface area contributed by atoms with Gasteiger partial charge in [0.1, 0.15) is 0 Å². The molecule has 0 aliphatic carbocycles. The molecule has 5 N–H and O–H groups in total. The highest BCUT2D eigenvalue weighted by molar-refractivity contribution is 14.1. The molecule has 0 spiro atoms. The smallest absolute Gasteiger partial charge is 0.0858 e. The monoisotopic (exact) mass is 270 g/mol. The van der Waals surface area contributed by atoms with Gasteiger partial charge in [-0.2, -0.15) is 0 Å². The molecule has 4 unspecified atom stereocenters. The zero-order valence-electron chi connectivity index (χ0n) is 6.57. The molecule has 0 amide bonds. The van der Waals surface area contributed by atoms with Gasteiger partial charge < -0.3 is 16.6 Å². The summed E-state index contributed by atoms with van der Waals surface area (Å²) in [6.07, 6.45) is 0.923. The highest BCUT2D eigenvalue weighted by atomic mass is 127. The Bertz CT molecular complexity index is 130. The van der Waals surface area contributed by atoms with E-state index in [0.29, 0.717) is 0 Å². The molecule has 0 fully saturated rings. The van der Waals surface area contributed by atoms with Gasteiger partial charge in [0.2, 0.25) is 0 Å². The van der Waals surface area contributed by atoms with Crippen LogP contribution in [0.25, 0.3) is 0 Å².